The third-order valence-corrected chi connectivity index (χ3v) is 5.48. The van der Waals surface area contributed by atoms with Gasteiger partial charge in [-0.05, 0) is 37.1 Å². The molecule has 6 heteroatoms. The van der Waals surface area contributed by atoms with Crippen LogP contribution in [0.5, 0.6) is 0 Å². The summed E-state index contributed by atoms with van der Waals surface area (Å²) in [6.45, 7) is 0.958. The topological polar surface area (TPSA) is 40.0 Å². The molecule has 0 saturated heterocycles. The number of halogens is 2. The van der Waals surface area contributed by atoms with Crippen molar-refractivity contribution >= 4 is 43.2 Å². The fourth-order valence-electron chi connectivity index (χ4n) is 3.30. The van der Waals surface area contributed by atoms with Gasteiger partial charge in [0.2, 0.25) is 0 Å². The smallest absolute Gasteiger partial charge is 0.195 e. The minimum absolute atomic E-state index is 0.413. The maximum absolute atomic E-state index is 4.73. The number of fused-ring (bicyclic) bond motifs is 2. The molecule has 2 aromatic rings. The Morgan fingerprint density at radius 3 is 2.31 bits per heavy atom. The number of nitrogens with zero attached hydrogens (tertiary/aromatic N) is 3. The fraction of sp³-hybridized carbons (Fsp3) is 0.300. The van der Waals surface area contributed by atoms with Gasteiger partial charge in [0.25, 0.3) is 0 Å². The summed E-state index contributed by atoms with van der Waals surface area (Å²) in [5.41, 5.74) is 2.33. The number of unbranched alkanes of at least 4 members (excludes halogenated alkanes) is 2. The second-order valence-corrected chi connectivity index (χ2v) is 9.86. The molecule has 0 amide bonds. The third kappa shape index (κ3) is 3.71. The highest BCUT2D eigenvalue weighted by molar-refractivity contribution is 9.24. The minimum atomic E-state index is 0.413. The van der Waals surface area contributed by atoms with E-state index in [-0.39, 0.29) is 0 Å². The molecule has 4 nitrogen and oxygen atoms in total. The summed E-state index contributed by atoms with van der Waals surface area (Å²) < 4.78 is 0.413. The maximum atomic E-state index is 4.73. The van der Waals surface area contributed by atoms with Crippen LogP contribution in [-0.4, -0.2) is 10.3 Å². The number of nitrogens with one attached hydrogen (secondary N) is 1. The van der Waals surface area contributed by atoms with Crippen molar-refractivity contribution in [2.45, 2.75) is 29.4 Å². The van der Waals surface area contributed by atoms with Gasteiger partial charge < -0.3 is 10.2 Å². The van der Waals surface area contributed by atoms with Gasteiger partial charge in [0.15, 0.2) is 11.6 Å². The van der Waals surface area contributed by atoms with E-state index in [1.165, 1.54) is 18.5 Å². The van der Waals surface area contributed by atoms with E-state index in [0.717, 1.165) is 47.4 Å². The lowest BCUT2D eigenvalue weighted by Gasteiger charge is -2.20. The van der Waals surface area contributed by atoms with Crippen molar-refractivity contribution in [3.8, 4) is 0 Å². The van der Waals surface area contributed by atoms with Crippen molar-refractivity contribution < 1.29 is 0 Å². The quantitative estimate of drug-likeness (QED) is 0.487. The SMILES string of the molecule is BrC(Br)CCCCCN1C(=C2N=c3ccccc3=N2)Nc2ccccc21. The van der Waals surface area contributed by atoms with Gasteiger partial charge in [-0.25, -0.2) is 9.98 Å². The van der Waals surface area contributed by atoms with Gasteiger partial charge in [0, 0.05) is 6.54 Å². The van der Waals surface area contributed by atoms with Crippen LogP contribution in [0.15, 0.2) is 70.2 Å². The van der Waals surface area contributed by atoms with Gasteiger partial charge in [-0.2, -0.15) is 0 Å². The van der Waals surface area contributed by atoms with E-state index in [0.29, 0.717) is 3.74 Å². The Morgan fingerprint density at radius 2 is 1.58 bits per heavy atom. The lowest BCUT2D eigenvalue weighted by Crippen LogP contribution is -2.23. The molecular weight excluding hydrogens is 456 g/mol. The number of hydrogen-bond acceptors (Lipinski definition) is 4. The van der Waals surface area contributed by atoms with Crippen molar-refractivity contribution in [2.75, 3.05) is 16.8 Å². The Morgan fingerprint density at radius 1 is 0.885 bits per heavy atom. The molecule has 0 aromatic heterocycles. The fourth-order valence-corrected chi connectivity index (χ4v) is 3.94. The Labute approximate surface area is 170 Å². The Balaban J connectivity index is 1.58. The van der Waals surface area contributed by atoms with Crippen LogP contribution < -0.4 is 20.9 Å². The summed E-state index contributed by atoms with van der Waals surface area (Å²) >= 11 is 7.09. The first-order chi connectivity index (χ1) is 12.7. The molecule has 0 bridgehead atoms. The highest BCUT2D eigenvalue weighted by atomic mass is 79.9. The number of alkyl halides is 2. The standard InChI is InChI=1S/C20H20Br2N4/c21-18(22)12-2-1-7-13-26-17-11-6-5-10-16(17)25-20(26)19-23-14-8-3-4-9-15(14)24-19/h3-6,8-11,18,25H,1-2,7,12-13H2. The Bertz CT molecular complexity index is 915. The number of benzene rings is 2. The maximum Gasteiger partial charge on any atom is 0.195 e. The van der Waals surface area contributed by atoms with Crippen molar-refractivity contribution in [3.63, 3.8) is 0 Å². The molecule has 0 radical (unpaired) electrons. The highest BCUT2D eigenvalue weighted by Crippen LogP contribution is 2.38. The molecule has 0 saturated carbocycles. The largest absolute Gasteiger partial charge is 0.337 e. The van der Waals surface area contributed by atoms with Crippen LogP contribution in [0.1, 0.15) is 25.7 Å². The predicted octanol–water partition coefficient (Wildman–Crippen LogP) is 4.67. The van der Waals surface area contributed by atoms with Gasteiger partial charge in [0.1, 0.15) is 0 Å². The second-order valence-electron chi connectivity index (χ2n) is 6.42. The van der Waals surface area contributed by atoms with Crippen LogP contribution in [0.3, 0.4) is 0 Å². The van der Waals surface area contributed by atoms with Crippen LogP contribution >= 0.6 is 31.9 Å². The van der Waals surface area contributed by atoms with Crippen LogP contribution in [0.4, 0.5) is 11.4 Å². The van der Waals surface area contributed by atoms with E-state index in [9.17, 15) is 0 Å². The average molecular weight is 476 g/mol. The third-order valence-electron chi connectivity index (χ3n) is 4.57. The molecule has 4 rings (SSSR count). The van der Waals surface area contributed by atoms with E-state index in [2.05, 4.69) is 66.3 Å². The van der Waals surface area contributed by atoms with Crippen molar-refractivity contribution in [2.24, 2.45) is 9.98 Å². The van der Waals surface area contributed by atoms with E-state index < -0.39 is 0 Å². The number of para-hydroxylation sites is 4. The monoisotopic (exact) mass is 474 g/mol. The normalized spacial score (nSPS) is 14.8. The first-order valence-corrected chi connectivity index (χ1v) is 10.7. The van der Waals surface area contributed by atoms with Gasteiger partial charge in [-0.15, -0.1) is 0 Å². The summed E-state index contributed by atoms with van der Waals surface area (Å²) in [4.78, 5) is 11.8. The summed E-state index contributed by atoms with van der Waals surface area (Å²) in [7, 11) is 0. The lowest BCUT2D eigenvalue weighted by atomic mass is 10.2. The van der Waals surface area contributed by atoms with Crippen LogP contribution in [-0.2, 0) is 0 Å². The van der Waals surface area contributed by atoms with Crippen LogP contribution in [0.2, 0.25) is 0 Å². The number of rotatable bonds is 6. The minimum Gasteiger partial charge on any atom is -0.337 e. The average Bonchev–Trinajstić information content (AvgIpc) is 3.22. The Hall–Kier alpha value is -1.66. The lowest BCUT2D eigenvalue weighted by molar-refractivity contribution is 0.663. The van der Waals surface area contributed by atoms with Crippen molar-refractivity contribution in [3.05, 3.63) is 70.9 Å². The van der Waals surface area contributed by atoms with Crippen LogP contribution in [0.25, 0.3) is 0 Å². The first-order valence-electron chi connectivity index (χ1n) is 8.91. The zero-order chi connectivity index (χ0) is 17.9. The molecule has 2 aliphatic rings. The summed E-state index contributed by atoms with van der Waals surface area (Å²) in [6.07, 6.45) is 4.68. The highest BCUT2D eigenvalue weighted by Gasteiger charge is 2.26. The van der Waals surface area contributed by atoms with Gasteiger partial charge >= 0.3 is 0 Å². The number of anilines is 2. The van der Waals surface area contributed by atoms with Crippen molar-refractivity contribution in [1.82, 2.24) is 0 Å². The van der Waals surface area contributed by atoms with E-state index in [4.69, 9.17) is 9.98 Å². The Kier molecular flexibility index (Phi) is 5.41. The van der Waals surface area contributed by atoms with Crippen LogP contribution in [0, 0.1) is 0 Å². The molecule has 2 heterocycles. The second kappa shape index (κ2) is 7.92. The molecule has 2 aliphatic heterocycles. The molecule has 0 atom stereocenters. The summed E-state index contributed by atoms with van der Waals surface area (Å²) in [5.74, 6) is 1.75. The molecule has 1 N–H and O–H groups in total. The molecule has 0 spiro atoms. The molecule has 0 fully saturated rings. The molecule has 0 unspecified atom stereocenters. The predicted molar refractivity (Wildman–Crippen MR) is 113 cm³/mol. The zero-order valence-electron chi connectivity index (χ0n) is 14.3. The van der Waals surface area contributed by atoms with Gasteiger partial charge in [-0.1, -0.05) is 69.0 Å². The van der Waals surface area contributed by atoms with E-state index in [1.807, 2.05) is 24.3 Å². The first kappa shape index (κ1) is 17.7. The van der Waals surface area contributed by atoms with Gasteiger partial charge in [0.05, 0.1) is 25.8 Å². The molecule has 2 aromatic carbocycles. The summed E-state index contributed by atoms with van der Waals surface area (Å²) in [6, 6.07) is 16.4. The van der Waals surface area contributed by atoms with E-state index in [1.54, 1.807) is 0 Å². The van der Waals surface area contributed by atoms with Gasteiger partial charge in [-0.3, -0.25) is 0 Å². The summed E-state index contributed by atoms with van der Waals surface area (Å²) in [5, 5.41) is 5.40. The molecule has 0 aliphatic carbocycles. The number of hydrogen-bond donors (Lipinski definition) is 1. The molecule has 26 heavy (non-hydrogen) atoms. The molecule has 134 valence electrons. The zero-order valence-corrected chi connectivity index (χ0v) is 17.5. The molecular formula is C20H20Br2N4. The van der Waals surface area contributed by atoms with Crippen molar-refractivity contribution in [1.29, 1.82) is 0 Å². The van der Waals surface area contributed by atoms with E-state index >= 15 is 0 Å².